The minimum absolute atomic E-state index is 0.0236. The molecule has 2 aromatic carbocycles. The fourth-order valence-electron chi connectivity index (χ4n) is 2.89. The van der Waals surface area contributed by atoms with Crippen LogP contribution in [0.5, 0.6) is 0 Å². The molecule has 2 atom stereocenters. The summed E-state index contributed by atoms with van der Waals surface area (Å²) in [6.45, 7) is 2.43. The van der Waals surface area contributed by atoms with E-state index in [-0.39, 0.29) is 36.8 Å². The van der Waals surface area contributed by atoms with Crippen LogP contribution in [-0.2, 0) is 9.59 Å². The minimum atomic E-state index is -0.354. The van der Waals surface area contributed by atoms with E-state index in [4.69, 9.17) is 0 Å². The molecule has 0 aliphatic carbocycles. The van der Waals surface area contributed by atoms with E-state index in [1.165, 1.54) is 24.3 Å². The SMILES string of the molecule is CCC[C@H](NC(=O)C[NH+](C)CC(=O)Nc1ccc(F)cc1)c1ccccc1. The van der Waals surface area contributed by atoms with E-state index in [0.717, 1.165) is 23.3 Å². The molecular weight excluding hydrogens is 345 g/mol. The maximum Gasteiger partial charge on any atom is 0.279 e. The Morgan fingerprint density at radius 1 is 1.00 bits per heavy atom. The van der Waals surface area contributed by atoms with Gasteiger partial charge in [0.25, 0.3) is 11.8 Å². The lowest BCUT2D eigenvalue weighted by atomic mass is 10.0. The number of likely N-dealkylation sites (N-methyl/N-ethyl adjacent to an activating group) is 1. The Labute approximate surface area is 159 Å². The molecule has 0 bridgehead atoms. The number of carbonyl (C=O) groups is 2. The summed E-state index contributed by atoms with van der Waals surface area (Å²) in [5, 5.41) is 5.76. The third kappa shape index (κ3) is 7.19. The summed E-state index contributed by atoms with van der Waals surface area (Å²) in [5.74, 6) is -0.670. The predicted molar refractivity (Wildman–Crippen MR) is 104 cm³/mol. The molecule has 144 valence electrons. The van der Waals surface area contributed by atoms with Crippen molar-refractivity contribution < 1.29 is 18.9 Å². The van der Waals surface area contributed by atoms with Crippen molar-refractivity contribution in [3.63, 3.8) is 0 Å². The van der Waals surface area contributed by atoms with Crippen LogP contribution >= 0.6 is 0 Å². The fourth-order valence-corrected chi connectivity index (χ4v) is 2.89. The van der Waals surface area contributed by atoms with Gasteiger partial charge in [-0.05, 0) is 36.2 Å². The largest absolute Gasteiger partial charge is 0.344 e. The zero-order chi connectivity index (χ0) is 19.6. The number of hydrogen-bond donors (Lipinski definition) is 3. The van der Waals surface area contributed by atoms with Crippen molar-refractivity contribution in [2.24, 2.45) is 0 Å². The van der Waals surface area contributed by atoms with Crippen molar-refractivity contribution in [3.05, 3.63) is 66.0 Å². The van der Waals surface area contributed by atoms with Gasteiger partial charge in [0.05, 0.1) is 13.1 Å². The van der Waals surface area contributed by atoms with Gasteiger partial charge in [-0.25, -0.2) is 4.39 Å². The van der Waals surface area contributed by atoms with E-state index in [1.807, 2.05) is 30.3 Å². The Balaban J connectivity index is 1.82. The number of rotatable bonds is 9. The quantitative estimate of drug-likeness (QED) is 0.630. The molecule has 3 N–H and O–H groups in total. The molecule has 0 aromatic heterocycles. The highest BCUT2D eigenvalue weighted by Crippen LogP contribution is 2.17. The summed E-state index contributed by atoms with van der Waals surface area (Å²) in [6, 6.07) is 15.4. The summed E-state index contributed by atoms with van der Waals surface area (Å²) in [6.07, 6.45) is 1.82. The highest BCUT2D eigenvalue weighted by Gasteiger charge is 2.18. The normalized spacial score (nSPS) is 12.9. The second-order valence-electron chi connectivity index (χ2n) is 6.69. The number of amides is 2. The number of benzene rings is 2. The number of quaternary nitrogens is 1. The average molecular weight is 372 g/mol. The molecule has 0 aliphatic rings. The first kappa shape index (κ1) is 20.6. The van der Waals surface area contributed by atoms with Gasteiger partial charge in [-0.2, -0.15) is 0 Å². The molecule has 6 heteroatoms. The van der Waals surface area contributed by atoms with Gasteiger partial charge in [0.1, 0.15) is 5.82 Å². The van der Waals surface area contributed by atoms with Gasteiger partial charge in [0.2, 0.25) is 0 Å². The Morgan fingerprint density at radius 3 is 2.26 bits per heavy atom. The monoisotopic (exact) mass is 372 g/mol. The number of halogens is 1. The third-order valence-electron chi connectivity index (χ3n) is 4.17. The molecule has 0 radical (unpaired) electrons. The fraction of sp³-hybridized carbons (Fsp3) is 0.333. The van der Waals surface area contributed by atoms with Gasteiger partial charge < -0.3 is 15.5 Å². The van der Waals surface area contributed by atoms with Crippen LogP contribution in [-0.4, -0.2) is 32.0 Å². The lowest BCUT2D eigenvalue weighted by molar-refractivity contribution is -0.862. The van der Waals surface area contributed by atoms with E-state index in [1.54, 1.807) is 7.05 Å². The van der Waals surface area contributed by atoms with Crippen molar-refractivity contribution in [2.45, 2.75) is 25.8 Å². The molecule has 2 amide bonds. The maximum atomic E-state index is 12.9. The smallest absolute Gasteiger partial charge is 0.279 e. The molecule has 0 heterocycles. The zero-order valence-corrected chi connectivity index (χ0v) is 15.8. The zero-order valence-electron chi connectivity index (χ0n) is 15.8. The molecule has 0 spiro atoms. The van der Waals surface area contributed by atoms with E-state index < -0.39 is 0 Å². The highest BCUT2D eigenvalue weighted by molar-refractivity contribution is 5.91. The van der Waals surface area contributed by atoms with Crippen molar-refractivity contribution >= 4 is 17.5 Å². The van der Waals surface area contributed by atoms with E-state index in [2.05, 4.69) is 17.6 Å². The van der Waals surface area contributed by atoms with Crippen molar-refractivity contribution in [3.8, 4) is 0 Å². The summed E-state index contributed by atoms with van der Waals surface area (Å²) >= 11 is 0. The van der Waals surface area contributed by atoms with Gasteiger partial charge in [-0.15, -0.1) is 0 Å². The van der Waals surface area contributed by atoms with Gasteiger partial charge in [-0.3, -0.25) is 9.59 Å². The van der Waals surface area contributed by atoms with Crippen LogP contribution in [0, 0.1) is 5.82 Å². The van der Waals surface area contributed by atoms with Crippen LogP contribution < -0.4 is 15.5 Å². The Kier molecular flexibility index (Phi) is 7.95. The van der Waals surface area contributed by atoms with Crippen LogP contribution in [0.15, 0.2) is 54.6 Å². The number of nitrogens with one attached hydrogen (secondary N) is 3. The molecule has 0 fully saturated rings. The third-order valence-corrected chi connectivity index (χ3v) is 4.17. The first-order valence-electron chi connectivity index (χ1n) is 9.19. The number of anilines is 1. The van der Waals surface area contributed by atoms with Crippen molar-refractivity contribution in [1.82, 2.24) is 5.32 Å². The van der Waals surface area contributed by atoms with Gasteiger partial charge >= 0.3 is 0 Å². The average Bonchev–Trinajstić information content (AvgIpc) is 2.63. The van der Waals surface area contributed by atoms with Gasteiger partial charge in [0.15, 0.2) is 13.1 Å². The predicted octanol–water partition coefficient (Wildman–Crippen LogP) is 1.94. The molecule has 2 aromatic rings. The molecule has 0 saturated carbocycles. The van der Waals surface area contributed by atoms with Crippen LogP contribution in [0.3, 0.4) is 0 Å². The first-order chi connectivity index (χ1) is 13.0. The van der Waals surface area contributed by atoms with E-state index >= 15 is 0 Å². The Bertz CT molecular complexity index is 735. The maximum absolute atomic E-state index is 12.9. The van der Waals surface area contributed by atoms with Crippen LogP contribution in [0.25, 0.3) is 0 Å². The Morgan fingerprint density at radius 2 is 1.63 bits per heavy atom. The highest BCUT2D eigenvalue weighted by atomic mass is 19.1. The lowest BCUT2D eigenvalue weighted by Gasteiger charge is -2.20. The first-order valence-corrected chi connectivity index (χ1v) is 9.19. The molecule has 5 nitrogen and oxygen atoms in total. The van der Waals surface area contributed by atoms with E-state index in [0.29, 0.717) is 5.69 Å². The minimum Gasteiger partial charge on any atom is -0.344 e. The van der Waals surface area contributed by atoms with Crippen LogP contribution in [0.1, 0.15) is 31.4 Å². The molecule has 1 unspecified atom stereocenters. The van der Waals surface area contributed by atoms with Crippen LogP contribution in [0.4, 0.5) is 10.1 Å². The molecule has 0 saturated heterocycles. The molecule has 2 rings (SSSR count). The topological polar surface area (TPSA) is 62.6 Å². The second-order valence-corrected chi connectivity index (χ2v) is 6.69. The molecule has 0 aliphatic heterocycles. The summed E-state index contributed by atoms with van der Waals surface area (Å²) < 4.78 is 12.9. The van der Waals surface area contributed by atoms with E-state index in [9.17, 15) is 14.0 Å². The number of hydrogen-bond acceptors (Lipinski definition) is 2. The second kappa shape index (κ2) is 10.4. The summed E-state index contributed by atoms with van der Waals surface area (Å²) in [7, 11) is 1.79. The summed E-state index contributed by atoms with van der Waals surface area (Å²) in [4.78, 5) is 25.2. The lowest BCUT2D eigenvalue weighted by Crippen LogP contribution is -3.11. The standard InChI is InChI=1S/C21H26FN3O2/c1-3-7-19(16-8-5-4-6-9-16)24-21(27)15-25(2)14-20(26)23-18-12-10-17(22)11-13-18/h4-6,8-13,19H,3,7,14-15H2,1-2H3,(H,23,26)(H,24,27)/p+1/t19-/m0/s1. The van der Waals surface area contributed by atoms with Crippen molar-refractivity contribution in [2.75, 3.05) is 25.5 Å². The van der Waals surface area contributed by atoms with Crippen molar-refractivity contribution in [1.29, 1.82) is 0 Å². The van der Waals surface area contributed by atoms with Gasteiger partial charge in [-0.1, -0.05) is 43.7 Å². The number of carbonyl (C=O) groups excluding carboxylic acids is 2. The molecular formula is C21H27FN3O2+. The summed E-state index contributed by atoms with van der Waals surface area (Å²) in [5.41, 5.74) is 1.62. The molecule has 27 heavy (non-hydrogen) atoms. The Hall–Kier alpha value is -2.73. The van der Waals surface area contributed by atoms with Gasteiger partial charge in [0, 0.05) is 5.69 Å². The van der Waals surface area contributed by atoms with Crippen LogP contribution in [0.2, 0.25) is 0 Å².